The molecule has 0 radical (unpaired) electrons. The standard InChI is InChI=1S/C22H29N3OS.HI/c1-23-21(24-14-17-27-20-10-6-3-7-11-20)25-18-22(12-15-26-16-13-22)19-8-4-2-5-9-19;/h2-11H,12-18H2,1H3,(H2,23,24,25);1H. The Morgan fingerprint density at radius 2 is 1.64 bits per heavy atom. The van der Waals surface area contributed by atoms with Crippen LogP contribution in [-0.4, -0.2) is 45.1 Å². The first kappa shape index (κ1) is 23.0. The van der Waals surface area contributed by atoms with E-state index in [-0.39, 0.29) is 29.4 Å². The molecule has 2 N–H and O–H groups in total. The summed E-state index contributed by atoms with van der Waals surface area (Å²) in [6, 6.07) is 21.3. The number of guanidine groups is 1. The fourth-order valence-corrected chi connectivity index (χ4v) is 4.24. The molecule has 3 rings (SSSR count). The predicted molar refractivity (Wildman–Crippen MR) is 130 cm³/mol. The molecule has 1 heterocycles. The molecule has 152 valence electrons. The van der Waals surface area contributed by atoms with Gasteiger partial charge in [-0.05, 0) is 30.5 Å². The lowest BCUT2D eigenvalue weighted by atomic mass is 9.74. The Balaban J connectivity index is 0.00000280. The predicted octanol–water partition coefficient (Wildman–Crippen LogP) is 4.31. The number of aliphatic imine (C=N–C) groups is 1. The first-order valence-electron chi connectivity index (χ1n) is 9.58. The van der Waals surface area contributed by atoms with Crippen molar-refractivity contribution in [2.75, 3.05) is 39.1 Å². The molecule has 0 aliphatic carbocycles. The second kappa shape index (κ2) is 12.3. The highest BCUT2D eigenvalue weighted by Crippen LogP contribution is 2.34. The van der Waals surface area contributed by atoms with Gasteiger partial charge in [-0.25, -0.2) is 0 Å². The Hall–Kier alpha value is -1.25. The third-order valence-corrected chi connectivity index (χ3v) is 6.07. The van der Waals surface area contributed by atoms with Crippen molar-refractivity contribution in [1.82, 2.24) is 10.6 Å². The van der Waals surface area contributed by atoms with Gasteiger partial charge in [0.15, 0.2) is 5.96 Å². The Morgan fingerprint density at radius 3 is 2.29 bits per heavy atom. The fourth-order valence-electron chi connectivity index (χ4n) is 3.45. The molecule has 0 unspecified atom stereocenters. The summed E-state index contributed by atoms with van der Waals surface area (Å²) in [5.74, 6) is 1.87. The third kappa shape index (κ3) is 6.67. The van der Waals surface area contributed by atoms with Crippen molar-refractivity contribution in [3.63, 3.8) is 0 Å². The number of benzene rings is 2. The SMILES string of the molecule is CN=C(NCCSc1ccccc1)NCC1(c2ccccc2)CCOCC1.I. The first-order chi connectivity index (χ1) is 13.3. The molecule has 1 fully saturated rings. The highest BCUT2D eigenvalue weighted by Gasteiger charge is 2.34. The molecule has 2 aromatic rings. The Morgan fingerprint density at radius 1 is 1.00 bits per heavy atom. The van der Waals surface area contributed by atoms with Gasteiger partial charge in [0.25, 0.3) is 0 Å². The van der Waals surface area contributed by atoms with Gasteiger partial charge in [-0.15, -0.1) is 35.7 Å². The quantitative estimate of drug-likeness (QED) is 0.191. The number of rotatable bonds is 7. The van der Waals surface area contributed by atoms with E-state index in [9.17, 15) is 0 Å². The van der Waals surface area contributed by atoms with Crippen LogP contribution in [-0.2, 0) is 10.2 Å². The minimum absolute atomic E-state index is 0. The summed E-state index contributed by atoms with van der Waals surface area (Å²) in [4.78, 5) is 5.69. The maximum atomic E-state index is 5.62. The Kier molecular flexibility index (Phi) is 10.2. The topological polar surface area (TPSA) is 45.7 Å². The highest BCUT2D eigenvalue weighted by atomic mass is 127. The van der Waals surface area contributed by atoms with Crippen molar-refractivity contribution in [3.05, 3.63) is 66.2 Å². The third-order valence-electron chi connectivity index (χ3n) is 5.06. The van der Waals surface area contributed by atoms with Gasteiger partial charge >= 0.3 is 0 Å². The average Bonchev–Trinajstić information content (AvgIpc) is 2.75. The lowest BCUT2D eigenvalue weighted by Gasteiger charge is -2.38. The van der Waals surface area contributed by atoms with Gasteiger partial charge in [0.05, 0.1) is 0 Å². The summed E-state index contributed by atoms with van der Waals surface area (Å²) >= 11 is 1.85. The lowest BCUT2D eigenvalue weighted by Crippen LogP contribution is -2.48. The van der Waals surface area contributed by atoms with Crippen molar-refractivity contribution in [1.29, 1.82) is 0 Å². The van der Waals surface area contributed by atoms with Crippen LogP contribution in [0.2, 0.25) is 0 Å². The monoisotopic (exact) mass is 511 g/mol. The summed E-state index contributed by atoms with van der Waals surface area (Å²) < 4.78 is 5.62. The van der Waals surface area contributed by atoms with E-state index in [0.717, 1.165) is 50.9 Å². The summed E-state index contributed by atoms with van der Waals surface area (Å²) in [6.07, 6.45) is 2.07. The van der Waals surface area contributed by atoms with Crippen molar-refractivity contribution >= 4 is 41.7 Å². The maximum absolute atomic E-state index is 5.62. The molecular weight excluding hydrogens is 481 g/mol. The molecule has 6 heteroatoms. The summed E-state index contributed by atoms with van der Waals surface area (Å²) in [5, 5.41) is 6.99. The smallest absolute Gasteiger partial charge is 0.191 e. The highest BCUT2D eigenvalue weighted by molar-refractivity contribution is 14.0. The van der Waals surface area contributed by atoms with Crippen molar-refractivity contribution < 1.29 is 4.74 Å². The van der Waals surface area contributed by atoms with Crippen LogP contribution >= 0.6 is 35.7 Å². The second-order valence-electron chi connectivity index (χ2n) is 6.77. The average molecular weight is 511 g/mol. The number of hydrogen-bond acceptors (Lipinski definition) is 3. The molecule has 0 atom stereocenters. The van der Waals surface area contributed by atoms with E-state index in [1.54, 1.807) is 0 Å². The molecule has 0 amide bonds. The molecule has 0 aromatic heterocycles. The van der Waals surface area contributed by atoms with Gasteiger partial charge in [0.2, 0.25) is 0 Å². The number of thioether (sulfide) groups is 1. The minimum atomic E-state index is 0. The molecule has 1 saturated heterocycles. The van der Waals surface area contributed by atoms with E-state index in [2.05, 4.69) is 70.2 Å². The normalized spacial score (nSPS) is 16.1. The number of ether oxygens (including phenoxy) is 1. The number of nitrogens with one attached hydrogen (secondary N) is 2. The van der Waals surface area contributed by atoms with E-state index < -0.39 is 0 Å². The van der Waals surface area contributed by atoms with Gasteiger partial charge < -0.3 is 15.4 Å². The number of hydrogen-bond donors (Lipinski definition) is 2. The van der Waals surface area contributed by atoms with Crippen molar-refractivity contribution in [2.45, 2.75) is 23.2 Å². The Bertz CT molecular complexity index is 706. The lowest BCUT2D eigenvalue weighted by molar-refractivity contribution is 0.0514. The molecule has 2 aromatic carbocycles. The van der Waals surface area contributed by atoms with E-state index in [4.69, 9.17) is 4.74 Å². The van der Waals surface area contributed by atoms with Gasteiger partial charge in [0, 0.05) is 49.4 Å². The first-order valence-corrected chi connectivity index (χ1v) is 10.6. The van der Waals surface area contributed by atoms with Crippen LogP contribution in [0.1, 0.15) is 18.4 Å². The van der Waals surface area contributed by atoms with E-state index >= 15 is 0 Å². The zero-order valence-corrected chi connectivity index (χ0v) is 19.5. The molecule has 0 saturated carbocycles. The van der Waals surface area contributed by atoms with Crippen LogP contribution in [0.25, 0.3) is 0 Å². The van der Waals surface area contributed by atoms with Gasteiger partial charge in [-0.3, -0.25) is 4.99 Å². The summed E-state index contributed by atoms with van der Waals surface area (Å²) in [6.45, 7) is 3.37. The van der Waals surface area contributed by atoms with Crippen LogP contribution in [0.15, 0.2) is 70.6 Å². The van der Waals surface area contributed by atoms with E-state index in [0.29, 0.717) is 0 Å². The van der Waals surface area contributed by atoms with Crippen molar-refractivity contribution in [3.8, 4) is 0 Å². The van der Waals surface area contributed by atoms with E-state index in [1.165, 1.54) is 10.5 Å². The largest absolute Gasteiger partial charge is 0.381 e. The second-order valence-corrected chi connectivity index (χ2v) is 7.94. The maximum Gasteiger partial charge on any atom is 0.191 e. The van der Waals surface area contributed by atoms with Crippen LogP contribution in [0.4, 0.5) is 0 Å². The summed E-state index contributed by atoms with van der Waals surface area (Å²) in [7, 11) is 1.83. The molecule has 1 aliphatic rings. The molecule has 28 heavy (non-hydrogen) atoms. The molecule has 1 aliphatic heterocycles. The fraction of sp³-hybridized carbons (Fsp3) is 0.409. The van der Waals surface area contributed by atoms with Gasteiger partial charge in [-0.1, -0.05) is 48.5 Å². The minimum Gasteiger partial charge on any atom is -0.381 e. The summed E-state index contributed by atoms with van der Waals surface area (Å²) in [5.41, 5.74) is 1.49. The van der Waals surface area contributed by atoms with Gasteiger partial charge in [-0.2, -0.15) is 0 Å². The molecular formula is C22H30IN3OS. The number of nitrogens with zero attached hydrogens (tertiary/aromatic N) is 1. The van der Waals surface area contributed by atoms with Crippen LogP contribution < -0.4 is 10.6 Å². The number of halogens is 1. The zero-order valence-electron chi connectivity index (χ0n) is 16.4. The zero-order chi connectivity index (χ0) is 18.8. The van der Waals surface area contributed by atoms with Crippen LogP contribution in [0, 0.1) is 0 Å². The molecule has 0 bridgehead atoms. The van der Waals surface area contributed by atoms with Crippen LogP contribution in [0.3, 0.4) is 0 Å². The van der Waals surface area contributed by atoms with E-state index in [1.807, 2.05) is 24.9 Å². The molecule has 4 nitrogen and oxygen atoms in total. The van der Waals surface area contributed by atoms with Crippen LogP contribution in [0.5, 0.6) is 0 Å². The van der Waals surface area contributed by atoms with Crippen molar-refractivity contribution in [2.24, 2.45) is 4.99 Å². The van der Waals surface area contributed by atoms with Gasteiger partial charge in [0.1, 0.15) is 0 Å². The Labute approximate surface area is 190 Å². The molecule has 0 spiro atoms.